The van der Waals surface area contributed by atoms with Gasteiger partial charge in [-0.25, -0.2) is 14.4 Å². The van der Waals surface area contributed by atoms with Gasteiger partial charge in [-0.05, 0) is 11.1 Å². The van der Waals surface area contributed by atoms with Crippen LogP contribution in [-0.2, 0) is 42.0 Å². The van der Waals surface area contributed by atoms with Crippen LogP contribution in [0.1, 0.15) is 25.4 Å². The number of carboxylic acid groups (broad SMARTS) is 2. The number of nitrogens with one attached hydrogen (secondary N) is 1. The summed E-state index contributed by atoms with van der Waals surface area (Å²) in [7, 11) is 0. The number of hydrogen-bond acceptors (Lipinski definition) is 12. The second-order valence-electron chi connectivity index (χ2n) is 8.83. The normalized spacial score (nSPS) is 19.1. The predicted molar refractivity (Wildman–Crippen MR) is 146 cm³/mol. The third-order valence-electron chi connectivity index (χ3n) is 5.64. The quantitative estimate of drug-likeness (QED) is 0.0596. The number of nitrogens with zero attached hydrogens (tertiary/aromatic N) is 1. The van der Waals surface area contributed by atoms with Crippen LogP contribution in [-0.4, -0.2) is 92.6 Å². The van der Waals surface area contributed by atoms with E-state index in [2.05, 4.69) is 14.9 Å². The topological polar surface area (TPSA) is 232 Å². The molecule has 4 atom stereocenters. The van der Waals surface area contributed by atoms with Gasteiger partial charge < -0.3 is 46.8 Å². The third-order valence-corrected chi connectivity index (χ3v) is 5.75. The molecule has 2 aromatic carbocycles. The van der Waals surface area contributed by atoms with Crippen molar-refractivity contribution in [3.05, 3.63) is 71.8 Å². The van der Waals surface area contributed by atoms with E-state index in [4.69, 9.17) is 41.7 Å². The zero-order chi connectivity index (χ0) is 32.2. The van der Waals surface area contributed by atoms with Crippen molar-refractivity contribution < 1.29 is 168 Å². The molecule has 0 saturated carbocycles. The van der Waals surface area contributed by atoms with Crippen LogP contribution >= 0.6 is 11.6 Å². The molecular weight excluding hydrogens is 674 g/mol. The molecule has 5 N–H and O–H groups in total. The fourth-order valence-corrected chi connectivity index (χ4v) is 3.73. The van der Waals surface area contributed by atoms with Gasteiger partial charge in [0.05, 0.1) is 18.8 Å². The number of aliphatic hydroxyl groups is 2. The van der Waals surface area contributed by atoms with Gasteiger partial charge in [-0.2, -0.15) is 0 Å². The first-order chi connectivity index (χ1) is 20.5. The Kier molecular flexibility index (Phi) is 27.7. The number of carboxylic acids is 2. The average molecular weight is 707 g/mol. The molecule has 0 spiro atoms. The number of halogens is 1. The van der Waals surface area contributed by atoms with Crippen LogP contribution in [0.2, 0.25) is 0 Å². The van der Waals surface area contributed by atoms with Crippen LogP contribution in [0.25, 0.3) is 0 Å². The molecule has 2 aromatic rings. The van der Waals surface area contributed by atoms with Gasteiger partial charge in [0, 0.05) is 31.0 Å². The molecule has 2 aliphatic heterocycles. The minimum atomic E-state index is -1.13. The van der Waals surface area contributed by atoms with E-state index in [1.165, 1.54) is 0 Å². The number of ether oxygens (including phenoxy) is 2. The summed E-state index contributed by atoms with van der Waals surface area (Å²) in [5.74, 6) is -2.01. The van der Waals surface area contributed by atoms with Crippen LogP contribution in [0.3, 0.4) is 0 Å². The number of likely N-dealkylation sites (tertiary alicyclic amines) is 1. The molecule has 15 nitrogen and oxygen atoms in total. The molecule has 0 radical (unpaired) electrons. The van der Waals surface area contributed by atoms with Gasteiger partial charge in [0.25, 0.3) is 6.47 Å². The summed E-state index contributed by atoms with van der Waals surface area (Å²) >= 11 is 4.97. The first-order valence-electron chi connectivity index (χ1n) is 12.6. The van der Waals surface area contributed by atoms with E-state index in [0.717, 1.165) is 16.0 Å². The van der Waals surface area contributed by atoms with Crippen molar-refractivity contribution in [1.82, 2.24) is 10.2 Å². The van der Waals surface area contributed by atoms with Crippen molar-refractivity contribution in [2.24, 2.45) is 0 Å². The van der Waals surface area contributed by atoms with E-state index in [1.807, 2.05) is 48.5 Å². The molecule has 238 valence electrons. The van der Waals surface area contributed by atoms with Crippen molar-refractivity contribution in [2.75, 3.05) is 13.1 Å². The van der Waals surface area contributed by atoms with Gasteiger partial charge in [-0.3, -0.25) is 14.5 Å². The molecule has 2 aliphatic rings. The zero-order valence-corrected chi connectivity index (χ0v) is 31.7. The molecule has 18 heteroatoms. The predicted octanol–water partition coefficient (Wildman–Crippen LogP) is -5.25. The van der Waals surface area contributed by atoms with Crippen LogP contribution in [0, 0.1) is 0 Å². The summed E-state index contributed by atoms with van der Waals surface area (Å²) in [4.78, 5) is 55.4. The molecular formula is C27H33ClK2N2O13. The second kappa shape index (κ2) is 27.0. The summed E-state index contributed by atoms with van der Waals surface area (Å²) in [5, 5.41) is 46.7. The summed E-state index contributed by atoms with van der Waals surface area (Å²) in [6.07, 6.45) is -1.64. The number of aliphatic carboxylic acids is 2. The van der Waals surface area contributed by atoms with Crippen molar-refractivity contribution in [3.8, 4) is 0 Å². The maximum absolute atomic E-state index is 11.8. The monoisotopic (exact) mass is 706 g/mol. The van der Waals surface area contributed by atoms with Crippen molar-refractivity contribution in [2.45, 2.75) is 50.3 Å². The molecule has 0 unspecified atom stereocenters. The Balaban J connectivity index is -0.000000589. The first kappa shape index (κ1) is 46.1. The van der Waals surface area contributed by atoms with E-state index in [0.29, 0.717) is 13.0 Å². The molecule has 2 fully saturated rings. The Labute approximate surface area is 350 Å². The van der Waals surface area contributed by atoms with E-state index in [9.17, 15) is 24.3 Å². The van der Waals surface area contributed by atoms with Gasteiger partial charge in [0.15, 0.2) is 0 Å². The Bertz CT molecular complexity index is 1160. The number of benzene rings is 2. The Morgan fingerprint density at radius 3 is 1.73 bits per heavy atom. The van der Waals surface area contributed by atoms with Crippen molar-refractivity contribution in [1.29, 1.82) is 0 Å². The van der Waals surface area contributed by atoms with Crippen LogP contribution < -0.4 is 113 Å². The number of carbonyl (C=O) groups is 5. The van der Waals surface area contributed by atoms with Crippen LogP contribution in [0.5, 0.6) is 0 Å². The van der Waals surface area contributed by atoms with Crippen LogP contribution in [0.15, 0.2) is 60.7 Å². The Morgan fingerprint density at radius 2 is 1.38 bits per heavy atom. The molecule has 0 bridgehead atoms. The molecule has 45 heavy (non-hydrogen) atoms. The summed E-state index contributed by atoms with van der Waals surface area (Å²) in [5.41, 5.74) is 0.984. The first-order valence-corrected chi connectivity index (χ1v) is 13.0. The maximum atomic E-state index is 11.8. The molecule has 0 aromatic heterocycles. The largest absolute Gasteiger partial charge is 1.00 e. The SMILES string of the molecule is O=C(Cl)OCc1ccccc1.O=C(O)[C@@H]1C[C@@H](O)CN1.O=C(O)[C@@H]1C[C@@H](O)CN1C(=O)OCc1ccccc1.O=CO[O-].[H-].[K+].[K+]. The number of amides is 1. The summed E-state index contributed by atoms with van der Waals surface area (Å²) in [6, 6.07) is 16.9. The van der Waals surface area contributed by atoms with Crippen molar-refractivity contribution in [3.63, 3.8) is 0 Å². The molecule has 1 amide bonds. The van der Waals surface area contributed by atoms with Gasteiger partial charge in [0.2, 0.25) is 0 Å². The van der Waals surface area contributed by atoms with E-state index in [-0.39, 0.29) is 137 Å². The number of hydrogen-bond donors (Lipinski definition) is 5. The summed E-state index contributed by atoms with van der Waals surface area (Å²) in [6.45, 7) is 0.531. The van der Waals surface area contributed by atoms with Gasteiger partial charge in [0.1, 0.15) is 25.3 Å². The molecule has 4 rings (SSSR count). The average Bonchev–Trinajstić information content (AvgIpc) is 3.62. The third kappa shape index (κ3) is 20.8. The second-order valence-corrected chi connectivity index (χ2v) is 9.14. The zero-order valence-electron chi connectivity index (χ0n) is 25.7. The van der Waals surface area contributed by atoms with Crippen LogP contribution in [0.4, 0.5) is 9.59 Å². The van der Waals surface area contributed by atoms with Gasteiger partial charge in [-0.1, -0.05) is 60.7 Å². The van der Waals surface area contributed by atoms with E-state index < -0.39 is 47.8 Å². The van der Waals surface area contributed by atoms with E-state index >= 15 is 0 Å². The minimum absolute atomic E-state index is 0. The molecule has 2 saturated heterocycles. The number of β-amino-alcohol motifs (C(OH)–C–C–N with tert-alkyl or cyclic N) is 2. The minimum Gasteiger partial charge on any atom is -1.00 e. The van der Waals surface area contributed by atoms with Gasteiger partial charge >= 0.3 is 126 Å². The fraction of sp³-hybridized carbons (Fsp3) is 0.370. The van der Waals surface area contributed by atoms with Crippen molar-refractivity contribution >= 4 is 41.5 Å². The number of aliphatic hydroxyl groups excluding tert-OH is 2. The summed E-state index contributed by atoms with van der Waals surface area (Å²) < 4.78 is 9.61. The van der Waals surface area contributed by atoms with Gasteiger partial charge in [-0.15, -0.1) is 0 Å². The Hall–Kier alpha value is -1.01. The van der Waals surface area contributed by atoms with E-state index in [1.54, 1.807) is 12.1 Å². The standard InChI is InChI=1S/C13H15NO5.C8H7ClO2.C5H9NO3.CH2O3.2K.H/c15-10-6-11(12(16)17)14(7-10)13(18)19-8-9-4-2-1-3-5-9;9-8(10)11-6-7-4-2-1-3-5-7;7-3-1-4(5(8)9)6-2-3;2-1-4-3;;;/h1-5,10-11,15H,6-8H2,(H,16,17);1-5H,6H2;3-4,6-7H,1-2H2,(H,8,9);1,3H;;;/q;;;;2*+1;-1/p-1/t10-,11+;;3-,4+;;;;/m1.1..../s1. The maximum Gasteiger partial charge on any atom is 1.00 e. The molecule has 0 aliphatic carbocycles. The number of carbonyl (C=O) groups excluding carboxylic acids is 3. The fourth-order valence-electron chi connectivity index (χ4n) is 3.67. The number of rotatable bonds is 7. The smallest absolute Gasteiger partial charge is 1.00 e. The Morgan fingerprint density at radius 1 is 0.889 bits per heavy atom. The molecule has 2 heterocycles.